The molecule has 1 aromatic rings. The molecule has 3 amide bonds. The highest BCUT2D eigenvalue weighted by molar-refractivity contribution is 9.09. The Morgan fingerprint density at radius 1 is 1.13 bits per heavy atom. The summed E-state index contributed by atoms with van der Waals surface area (Å²) >= 11 is 3.42. The van der Waals surface area contributed by atoms with Crippen molar-refractivity contribution in [3.63, 3.8) is 0 Å². The molecule has 3 N–H and O–H groups in total. The van der Waals surface area contributed by atoms with Gasteiger partial charge in [0.05, 0.1) is 5.71 Å². The van der Waals surface area contributed by atoms with Gasteiger partial charge in [-0.1, -0.05) is 59.6 Å². The van der Waals surface area contributed by atoms with Crippen LogP contribution in [0.15, 0.2) is 29.4 Å². The van der Waals surface area contributed by atoms with E-state index in [2.05, 4.69) is 82.1 Å². The molecule has 0 unspecified atom stereocenters. The molecule has 0 aromatic heterocycles. The molecule has 1 saturated carbocycles. The average Bonchev–Trinajstić information content (AvgIpc) is 2.77. The summed E-state index contributed by atoms with van der Waals surface area (Å²) in [7, 11) is 0. The lowest BCUT2D eigenvalue weighted by Crippen LogP contribution is -2.39. The van der Waals surface area contributed by atoms with Gasteiger partial charge in [-0.2, -0.15) is 5.10 Å². The Hall–Kier alpha value is -1.89. The first-order chi connectivity index (χ1) is 14.4. The molecule has 1 aliphatic rings. The third-order valence-corrected chi connectivity index (χ3v) is 6.55. The monoisotopic (exact) mass is 478 g/mol. The highest BCUT2D eigenvalue weighted by atomic mass is 79.9. The normalized spacial score (nSPS) is 20.3. The smallest absolute Gasteiger partial charge is 0.335 e. The maximum absolute atomic E-state index is 12.5. The van der Waals surface area contributed by atoms with E-state index in [1.807, 2.05) is 0 Å². The van der Waals surface area contributed by atoms with Crippen molar-refractivity contribution in [3.05, 3.63) is 35.4 Å². The molecular formula is C23H35BrN4O2. The molecule has 0 spiro atoms. The summed E-state index contributed by atoms with van der Waals surface area (Å²) in [5.74, 6) is 0.951. The molecule has 7 heteroatoms. The summed E-state index contributed by atoms with van der Waals surface area (Å²) in [6.45, 7) is 7.44. The Labute approximate surface area is 188 Å². The number of halogens is 1. The van der Waals surface area contributed by atoms with Gasteiger partial charge in [0, 0.05) is 24.3 Å². The molecule has 1 aliphatic carbocycles. The van der Waals surface area contributed by atoms with Gasteiger partial charge in [0.1, 0.15) is 0 Å². The summed E-state index contributed by atoms with van der Waals surface area (Å²) in [5, 5.41) is 10.8. The lowest BCUT2D eigenvalue weighted by atomic mass is 9.81. The van der Waals surface area contributed by atoms with Crippen molar-refractivity contribution in [3.8, 4) is 0 Å². The number of amides is 3. The fraction of sp³-hybridized carbons (Fsp3) is 0.609. The lowest BCUT2D eigenvalue weighted by molar-refractivity contribution is -0.126. The van der Waals surface area contributed by atoms with Gasteiger partial charge >= 0.3 is 6.03 Å². The largest absolute Gasteiger partial charge is 0.352 e. The number of benzene rings is 1. The zero-order valence-corrected chi connectivity index (χ0v) is 19.9. The number of hydrogen-bond donors (Lipinski definition) is 3. The van der Waals surface area contributed by atoms with Gasteiger partial charge in [-0.15, -0.1) is 0 Å². The van der Waals surface area contributed by atoms with Gasteiger partial charge in [-0.25, -0.2) is 10.2 Å². The molecular weight excluding hydrogens is 444 g/mol. The fourth-order valence-electron chi connectivity index (χ4n) is 3.57. The second-order valence-electron chi connectivity index (χ2n) is 8.29. The third-order valence-electron chi connectivity index (χ3n) is 5.98. The minimum atomic E-state index is -0.269. The molecule has 0 saturated heterocycles. The summed E-state index contributed by atoms with van der Waals surface area (Å²) in [4.78, 5) is 24.5. The highest BCUT2D eigenvalue weighted by Gasteiger charge is 2.26. The van der Waals surface area contributed by atoms with E-state index in [1.165, 1.54) is 5.56 Å². The van der Waals surface area contributed by atoms with Crippen LogP contribution >= 0.6 is 15.9 Å². The first-order valence-corrected chi connectivity index (χ1v) is 12.0. The lowest BCUT2D eigenvalue weighted by Gasteiger charge is -2.27. The zero-order chi connectivity index (χ0) is 21.9. The van der Waals surface area contributed by atoms with Gasteiger partial charge in [0.15, 0.2) is 0 Å². The van der Waals surface area contributed by atoms with Crippen LogP contribution in [0.5, 0.6) is 0 Å². The molecule has 0 bridgehead atoms. The standard InChI is InChI=1S/C23H35BrN4O2/c1-4-17(3)21(13-24)27-28-23(30)26-15-19-9-11-20(12-10-19)22(29)25-14-18-7-5-16(2)6-8-18/h5-8,17,19-20H,4,9-15H2,1-3H3,(H,25,29)(H2,26,28,30)/b27-21+/t17-,19?,20?/m0/s1. The summed E-state index contributed by atoms with van der Waals surface area (Å²) in [6, 6.07) is 7.96. The molecule has 1 atom stereocenters. The van der Waals surface area contributed by atoms with Crippen LogP contribution in [0.1, 0.15) is 57.1 Å². The molecule has 166 valence electrons. The van der Waals surface area contributed by atoms with Crippen LogP contribution in [0.25, 0.3) is 0 Å². The Morgan fingerprint density at radius 2 is 1.80 bits per heavy atom. The molecule has 2 rings (SSSR count). The molecule has 30 heavy (non-hydrogen) atoms. The van der Waals surface area contributed by atoms with E-state index in [0.29, 0.717) is 30.3 Å². The van der Waals surface area contributed by atoms with Crippen LogP contribution in [0.2, 0.25) is 0 Å². The van der Waals surface area contributed by atoms with E-state index in [9.17, 15) is 9.59 Å². The van der Waals surface area contributed by atoms with Gasteiger partial charge in [0.2, 0.25) is 5.91 Å². The maximum Gasteiger partial charge on any atom is 0.335 e. The number of carbonyl (C=O) groups is 2. The van der Waals surface area contributed by atoms with Crippen molar-refractivity contribution in [1.82, 2.24) is 16.1 Å². The van der Waals surface area contributed by atoms with E-state index in [-0.39, 0.29) is 17.9 Å². The van der Waals surface area contributed by atoms with Crippen LogP contribution in [0.4, 0.5) is 4.79 Å². The number of hydrogen-bond acceptors (Lipinski definition) is 3. The number of nitrogens with one attached hydrogen (secondary N) is 3. The van der Waals surface area contributed by atoms with E-state index in [0.717, 1.165) is 43.4 Å². The third kappa shape index (κ3) is 8.09. The number of nitrogens with zero attached hydrogens (tertiary/aromatic N) is 1. The van der Waals surface area contributed by atoms with Crippen LogP contribution in [-0.2, 0) is 11.3 Å². The van der Waals surface area contributed by atoms with E-state index >= 15 is 0 Å². The number of hydrazone groups is 1. The van der Waals surface area contributed by atoms with Crippen LogP contribution in [-0.4, -0.2) is 29.5 Å². The Morgan fingerprint density at radius 3 is 2.40 bits per heavy atom. The second-order valence-corrected chi connectivity index (χ2v) is 8.85. The van der Waals surface area contributed by atoms with Crippen molar-refractivity contribution >= 4 is 33.6 Å². The van der Waals surface area contributed by atoms with Crippen molar-refractivity contribution in [2.45, 2.75) is 59.4 Å². The van der Waals surface area contributed by atoms with Crippen molar-refractivity contribution < 1.29 is 9.59 Å². The zero-order valence-electron chi connectivity index (χ0n) is 18.3. The Bertz CT molecular complexity index is 712. The first kappa shape index (κ1) is 24.4. The van der Waals surface area contributed by atoms with E-state index in [4.69, 9.17) is 0 Å². The fourth-order valence-corrected chi connectivity index (χ4v) is 4.25. The van der Waals surface area contributed by atoms with Crippen LogP contribution < -0.4 is 16.1 Å². The van der Waals surface area contributed by atoms with Crippen molar-refractivity contribution in [1.29, 1.82) is 0 Å². The highest BCUT2D eigenvalue weighted by Crippen LogP contribution is 2.28. The second kappa shape index (κ2) is 12.7. The minimum absolute atomic E-state index is 0.0714. The predicted octanol–water partition coefficient (Wildman–Crippen LogP) is 4.51. The predicted molar refractivity (Wildman–Crippen MR) is 126 cm³/mol. The number of alkyl halides is 1. The van der Waals surface area contributed by atoms with E-state index < -0.39 is 0 Å². The number of urea groups is 1. The van der Waals surface area contributed by atoms with Gasteiger partial charge < -0.3 is 10.6 Å². The molecule has 0 heterocycles. The average molecular weight is 479 g/mol. The Balaban J connectivity index is 1.66. The SMILES string of the molecule is CC[C@H](C)/C(CBr)=N/NC(=O)NCC1CCC(C(=O)NCc2ccc(C)cc2)CC1. The topological polar surface area (TPSA) is 82.6 Å². The molecule has 0 radical (unpaired) electrons. The maximum atomic E-state index is 12.5. The van der Waals surface area contributed by atoms with E-state index in [1.54, 1.807) is 0 Å². The molecule has 6 nitrogen and oxygen atoms in total. The number of carbonyl (C=O) groups excluding carboxylic acids is 2. The van der Waals surface area contributed by atoms with Gasteiger partial charge in [-0.3, -0.25) is 4.79 Å². The number of aryl methyl sites for hydroxylation is 1. The van der Waals surface area contributed by atoms with Crippen molar-refractivity contribution in [2.24, 2.45) is 22.9 Å². The summed E-state index contributed by atoms with van der Waals surface area (Å²) in [6.07, 6.45) is 4.62. The van der Waals surface area contributed by atoms with Crippen LogP contribution in [0, 0.1) is 24.7 Å². The van der Waals surface area contributed by atoms with Crippen molar-refractivity contribution in [2.75, 3.05) is 11.9 Å². The Kier molecular flexibility index (Phi) is 10.3. The molecule has 1 fully saturated rings. The molecule has 1 aromatic carbocycles. The van der Waals surface area contributed by atoms with Gasteiger partial charge in [-0.05, 0) is 56.4 Å². The van der Waals surface area contributed by atoms with Gasteiger partial charge in [0.25, 0.3) is 0 Å². The van der Waals surface area contributed by atoms with Crippen LogP contribution in [0.3, 0.4) is 0 Å². The summed E-state index contributed by atoms with van der Waals surface area (Å²) < 4.78 is 0. The minimum Gasteiger partial charge on any atom is -0.352 e. The quantitative estimate of drug-likeness (QED) is 0.277. The molecule has 0 aliphatic heterocycles. The first-order valence-electron chi connectivity index (χ1n) is 10.9. The summed E-state index contributed by atoms with van der Waals surface area (Å²) in [5.41, 5.74) is 5.87. The number of rotatable bonds is 9.